The first kappa shape index (κ1) is 19.1. The fourth-order valence-corrected chi connectivity index (χ4v) is 2.83. The molecule has 25 heavy (non-hydrogen) atoms. The molecule has 1 atom stereocenters. The topological polar surface area (TPSA) is 60.0 Å². The van der Waals surface area contributed by atoms with E-state index in [4.69, 9.17) is 0 Å². The summed E-state index contributed by atoms with van der Waals surface area (Å²) in [6.45, 7) is 8.20. The fraction of sp³-hybridized carbons (Fsp3) is 0.579. The van der Waals surface area contributed by atoms with Crippen molar-refractivity contribution in [2.45, 2.75) is 32.7 Å². The van der Waals surface area contributed by atoms with Gasteiger partial charge in [-0.15, -0.1) is 0 Å². The molecule has 1 amide bonds. The molecule has 0 bridgehead atoms. The van der Waals surface area contributed by atoms with Crippen LogP contribution in [0.5, 0.6) is 0 Å². The second kappa shape index (κ2) is 9.91. The lowest BCUT2D eigenvalue weighted by molar-refractivity contribution is -0.131. The molecule has 0 saturated carbocycles. The highest BCUT2D eigenvalue weighted by Gasteiger charge is 2.20. The first-order valence-corrected chi connectivity index (χ1v) is 9.19. The number of hydrogen-bond donors (Lipinski definition) is 2. The average molecular weight is 345 g/mol. The zero-order valence-electron chi connectivity index (χ0n) is 15.7. The van der Waals surface area contributed by atoms with Gasteiger partial charge in [0, 0.05) is 57.9 Å². The minimum absolute atomic E-state index is 0.208. The predicted octanol–water partition coefficient (Wildman–Crippen LogP) is 1.69. The van der Waals surface area contributed by atoms with E-state index in [0.29, 0.717) is 19.0 Å². The van der Waals surface area contributed by atoms with E-state index in [1.165, 1.54) is 5.69 Å². The molecule has 2 rings (SSSR count). The summed E-state index contributed by atoms with van der Waals surface area (Å²) in [4.78, 5) is 20.9. The van der Waals surface area contributed by atoms with Crippen molar-refractivity contribution in [3.05, 3.63) is 30.3 Å². The lowest BCUT2D eigenvalue weighted by Crippen LogP contribution is -2.49. The van der Waals surface area contributed by atoms with Crippen LogP contribution in [0.25, 0.3) is 0 Å². The van der Waals surface area contributed by atoms with Gasteiger partial charge in [0.15, 0.2) is 5.96 Å². The second-order valence-corrected chi connectivity index (χ2v) is 6.41. The van der Waals surface area contributed by atoms with Gasteiger partial charge < -0.3 is 20.4 Å². The van der Waals surface area contributed by atoms with Crippen molar-refractivity contribution in [3.63, 3.8) is 0 Å². The summed E-state index contributed by atoms with van der Waals surface area (Å²) in [5.41, 5.74) is 1.23. The van der Waals surface area contributed by atoms with E-state index < -0.39 is 0 Å². The lowest BCUT2D eigenvalue weighted by Gasteiger charge is -2.36. The molecule has 0 radical (unpaired) electrons. The normalized spacial score (nSPS) is 16.5. The number of amides is 1. The van der Waals surface area contributed by atoms with E-state index in [0.717, 1.165) is 38.6 Å². The number of guanidine groups is 1. The van der Waals surface area contributed by atoms with Gasteiger partial charge >= 0.3 is 0 Å². The number of nitrogens with one attached hydrogen (secondary N) is 2. The summed E-state index contributed by atoms with van der Waals surface area (Å²) in [6, 6.07) is 10.7. The summed E-state index contributed by atoms with van der Waals surface area (Å²) in [5, 5.41) is 6.52. The maximum Gasteiger partial charge on any atom is 0.224 e. The van der Waals surface area contributed by atoms with E-state index in [2.05, 4.69) is 58.6 Å². The van der Waals surface area contributed by atoms with Crippen LogP contribution in [0.2, 0.25) is 0 Å². The Morgan fingerprint density at radius 3 is 2.48 bits per heavy atom. The van der Waals surface area contributed by atoms with Crippen LogP contribution in [0.15, 0.2) is 35.3 Å². The van der Waals surface area contributed by atoms with Crippen molar-refractivity contribution in [2.24, 2.45) is 4.99 Å². The molecule has 1 aliphatic rings. The van der Waals surface area contributed by atoms with E-state index in [9.17, 15) is 4.79 Å². The van der Waals surface area contributed by atoms with Crippen LogP contribution < -0.4 is 15.5 Å². The Bertz CT molecular complexity index is 552. The van der Waals surface area contributed by atoms with Crippen LogP contribution in [0.4, 0.5) is 5.69 Å². The van der Waals surface area contributed by atoms with Crippen molar-refractivity contribution >= 4 is 17.6 Å². The van der Waals surface area contributed by atoms with Crippen molar-refractivity contribution in [3.8, 4) is 0 Å². The summed E-state index contributed by atoms with van der Waals surface area (Å²) >= 11 is 0. The number of aliphatic imine (C=N–C) groups is 1. The molecular formula is C19H31N5O. The van der Waals surface area contributed by atoms with Crippen molar-refractivity contribution in [1.29, 1.82) is 0 Å². The maximum absolute atomic E-state index is 12.4. The first-order valence-electron chi connectivity index (χ1n) is 9.19. The van der Waals surface area contributed by atoms with Crippen LogP contribution in [-0.2, 0) is 4.79 Å². The molecule has 1 aromatic carbocycles. The third-order valence-corrected chi connectivity index (χ3v) is 4.60. The molecule has 1 aromatic rings. The molecular weight excluding hydrogens is 314 g/mol. The summed E-state index contributed by atoms with van der Waals surface area (Å²) in [6.07, 6.45) is 1.53. The fourth-order valence-electron chi connectivity index (χ4n) is 2.83. The van der Waals surface area contributed by atoms with E-state index in [-0.39, 0.29) is 5.91 Å². The minimum atomic E-state index is 0.208. The molecule has 1 fully saturated rings. The maximum atomic E-state index is 12.4. The van der Waals surface area contributed by atoms with Gasteiger partial charge in [-0.3, -0.25) is 9.79 Å². The third-order valence-electron chi connectivity index (χ3n) is 4.60. The standard InChI is InChI=1S/C19H31N5O/c1-4-16(2)22-19(20-3)21-11-10-18(25)24-14-12-23(13-15-24)17-8-6-5-7-9-17/h5-9,16H,4,10-15H2,1-3H3,(H2,20,21,22). The molecule has 1 saturated heterocycles. The van der Waals surface area contributed by atoms with Crippen LogP contribution in [0.1, 0.15) is 26.7 Å². The second-order valence-electron chi connectivity index (χ2n) is 6.41. The number of carbonyl (C=O) groups excluding carboxylic acids is 1. The van der Waals surface area contributed by atoms with Crippen molar-refractivity contribution in [2.75, 3.05) is 44.7 Å². The Morgan fingerprint density at radius 1 is 1.20 bits per heavy atom. The van der Waals surface area contributed by atoms with Crippen LogP contribution in [-0.4, -0.2) is 62.6 Å². The highest BCUT2D eigenvalue weighted by atomic mass is 16.2. The van der Waals surface area contributed by atoms with Gasteiger partial charge in [0.2, 0.25) is 5.91 Å². The molecule has 0 spiro atoms. The van der Waals surface area contributed by atoms with Gasteiger partial charge in [0.25, 0.3) is 0 Å². The molecule has 1 heterocycles. The number of nitrogens with zero attached hydrogens (tertiary/aromatic N) is 3. The Morgan fingerprint density at radius 2 is 1.88 bits per heavy atom. The molecule has 1 aliphatic heterocycles. The Labute approximate surface area is 151 Å². The number of anilines is 1. The Balaban J connectivity index is 1.70. The van der Waals surface area contributed by atoms with Crippen molar-refractivity contribution in [1.82, 2.24) is 15.5 Å². The molecule has 1 unspecified atom stereocenters. The first-order chi connectivity index (χ1) is 12.1. The number of para-hydroxylation sites is 1. The summed E-state index contributed by atoms with van der Waals surface area (Å²) in [7, 11) is 1.75. The quantitative estimate of drug-likeness (QED) is 0.608. The van der Waals surface area contributed by atoms with Gasteiger partial charge in [-0.2, -0.15) is 0 Å². The largest absolute Gasteiger partial charge is 0.368 e. The summed E-state index contributed by atoms with van der Waals surface area (Å²) in [5.74, 6) is 0.968. The van der Waals surface area contributed by atoms with Crippen molar-refractivity contribution < 1.29 is 4.79 Å². The zero-order chi connectivity index (χ0) is 18.1. The monoisotopic (exact) mass is 345 g/mol. The number of piperazine rings is 1. The molecule has 2 N–H and O–H groups in total. The van der Waals surface area contributed by atoms with Crippen LogP contribution in [0, 0.1) is 0 Å². The summed E-state index contributed by atoms with van der Waals surface area (Å²) < 4.78 is 0. The van der Waals surface area contributed by atoms with Gasteiger partial charge in [0.1, 0.15) is 0 Å². The smallest absolute Gasteiger partial charge is 0.224 e. The molecule has 138 valence electrons. The van der Waals surface area contributed by atoms with Gasteiger partial charge in [0.05, 0.1) is 0 Å². The zero-order valence-corrected chi connectivity index (χ0v) is 15.7. The van der Waals surface area contributed by atoms with Crippen LogP contribution in [0.3, 0.4) is 0 Å². The lowest BCUT2D eigenvalue weighted by atomic mass is 10.2. The third kappa shape index (κ3) is 5.96. The molecule has 0 aliphatic carbocycles. The Hall–Kier alpha value is -2.24. The van der Waals surface area contributed by atoms with Crippen LogP contribution >= 0.6 is 0 Å². The van der Waals surface area contributed by atoms with E-state index >= 15 is 0 Å². The SMILES string of the molecule is CCC(C)NC(=NC)NCCC(=O)N1CCN(c2ccccc2)CC1. The molecule has 0 aromatic heterocycles. The molecule has 6 nitrogen and oxygen atoms in total. The average Bonchev–Trinajstić information content (AvgIpc) is 2.67. The minimum Gasteiger partial charge on any atom is -0.368 e. The van der Waals surface area contributed by atoms with E-state index in [1.807, 2.05) is 11.0 Å². The number of hydrogen-bond acceptors (Lipinski definition) is 3. The Kier molecular flexibility index (Phi) is 7.57. The number of rotatable bonds is 6. The predicted molar refractivity (Wildman–Crippen MR) is 104 cm³/mol. The van der Waals surface area contributed by atoms with Gasteiger partial charge in [-0.1, -0.05) is 25.1 Å². The highest BCUT2D eigenvalue weighted by molar-refractivity contribution is 5.81. The van der Waals surface area contributed by atoms with Gasteiger partial charge in [-0.25, -0.2) is 0 Å². The highest BCUT2D eigenvalue weighted by Crippen LogP contribution is 2.15. The molecule has 6 heteroatoms. The number of carbonyl (C=O) groups is 1. The number of benzene rings is 1. The van der Waals surface area contributed by atoms with Gasteiger partial charge in [-0.05, 0) is 25.5 Å². The van der Waals surface area contributed by atoms with E-state index in [1.54, 1.807) is 7.05 Å².